The van der Waals surface area contributed by atoms with Crippen molar-refractivity contribution in [1.82, 2.24) is 10.6 Å². The molecule has 0 aromatic heterocycles. The standard InChI is InChI=1S/C20H16Cl2N2O/c21-15-6-1-12(2-7-15)11-14-5-10-17-18(23-20(25)24-19(14)17)13-3-8-16(22)9-4-13/h1-4,6-9,11,18H,5,10H2,(H2,23,24,25)/b14-11+. The minimum absolute atomic E-state index is 0.114. The molecule has 2 aliphatic rings. The summed E-state index contributed by atoms with van der Waals surface area (Å²) < 4.78 is 0. The minimum Gasteiger partial charge on any atom is -0.327 e. The number of nitrogens with one attached hydrogen (secondary N) is 2. The summed E-state index contributed by atoms with van der Waals surface area (Å²) in [7, 11) is 0. The van der Waals surface area contributed by atoms with Crippen LogP contribution in [0.5, 0.6) is 0 Å². The maximum atomic E-state index is 12.2. The number of benzene rings is 2. The topological polar surface area (TPSA) is 41.1 Å². The number of hydrogen-bond donors (Lipinski definition) is 2. The molecule has 1 heterocycles. The zero-order valence-electron chi connectivity index (χ0n) is 13.4. The second kappa shape index (κ2) is 6.58. The zero-order chi connectivity index (χ0) is 17.4. The van der Waals surface area contributed by atoms with Crippen LogP contribution in [0.2, 0.25) is 10.0 Å². The molecule has 2 aromatic rings. The van der Waals surface area contributed by atoms with Gasteiger partial charge in [-0.25, -0.2) is 4.79 Å². The fourth-order valence-corrected chi connectivity index (χ4v) is 3.64. The predicted molar refractivity (Wildman–Crippen MR) is 102 cm³/mol. The minimum atomic E-state index is -0.178. The van der Waals surface area contributed by atoms with E-state index in [4.69, 9.17) is 23.2 Å². The Morgan fingerprint density at radius 1 is 0.920 bits per heavy atom. The number of rotatable bonds is 2. The third-order valence-electron chi connectivity index (χ3n) is 4.58. The first-order valence-corrected chi connectivity index (χ1v) is 8.88. The second-order valence-electron chi connectivity index (χ2n) is 6.20. The van der Waals surface area contributed by atoms with Crippen LogP contribution in [0.1, 0.15) is 30.0 Å². The molecule has 4 rings (SSSR count). The van der Waals surface area contributed by atoms with E-state index in [1.807, 2.05) is 48.5 Å². The summed E-state index contributed by atoms with van der Waals surface area (Å²) in [6.07, 6.45) is 3.93. The quantitative estimate of drug-likeness (QED) is 0.721. The number of urea groups is 1. The molecule has 1 unspecified atom stereocenters. The molecule has 3 nitrogen and oxygen atoms in total. The van der Waals surface area contributed by atoms with Crippen LogP contribution in [0.4, 0.5) is 4.79 Å². The van der Waals surface area contributed by atoms with Gasteiger partial charge in [-0.15, -0.1) is 0 Å². The van der Waals surface area contributed by atoms with Crippen molar-refractivity contribution in [2.75, 3.05) is 0 Å². The lowest BCUT2D eigenvalue weighted by atomic mass is 9.96. The van der Waals surface area contributed by atoms with Gasteiger partial charge in [0.15, 0.2) is 0 Å². The Morgan fingerprint density at radius 2 is 1.56 bits per heavy atom. The Hall–Kier alpha value is -2.23. The molecule has 0 spiro atoms. The normalized spacial score (nSPS) is 21.1. The van der Waals surface area contributed by atoms with Crippen molar-refractivity contribution in [3.05, 3.63) is 86.5 Å². The van der Waals surface area contributed by atoms with E-state index in [1.54, 1.807) is 0 Å². The van der Waals surface area contributed by atoms with Crippen LogP contribution >= 0.6 is 23.2 Å². The molecule has 126 valence electrons. The molecule has 0 fully saturated rings. The summed E-state index contributed by atoms with van der Waals surface area (Å²) in [6.45, 7) is 0. The van der Waals surface area contributed by atoms with Crippen LogP contribution in [0, 0.1) is 0 Å². The Bertz CT molecular complexity index is 883. The lowest BCUT2D eigenvalue weighted by Crippen LogP contribution is -2.43. The third kappa shape index (κ3) is 3.30. The van der Waals surface area contributed by atoms with E-state index in [0.717, 1.165) is 35.2 Å². The van der Waals surface area contributed by atoms with Gasteiger partial charge in [0.25, 0.3) is 0 Å². The van der Waals surface area contributed by atoms with Crippen LogP contribution in [0.3, 0.4) is 0 Å². The molecule has 0 saturated carbocycles. The lowest BCUT2D eigenvalue weighted by molar-refractivity contribution is 0.239. The Balaban J connectivity index is 1.71. The number of carbonyl (C=O) groups is 1. The van der Waals surface area contributed by atoms with Crippen molar-refractivity contribution < 1.29 is 4.79 Å². The van der Waals surface area contributed by atoms with Gasteiger partial charge in [0, 0.05) is 15.7 Å². The van der Waals surface area contributed by atoms with Gasteiger partial charge in [-0.2, -0.15) is 0 Å². The Morgan fingerprint density at radius 3 is 2.24 bits per heavy atom. The van der Waals surface area contributed by atoms with Crippen molar-refractivity contribution in [2.45, 2.75) is 18.9 Å². The van der Waals surface area contributed by atoms with E-state index in [1.165, 1.54) is 5.57 Å². The molecule has 25 heavy (non-hydrogen) atoms. The lowest BCUT2D eigenvalue weighted by Gasteiger charge is -2.27. The van der Waals surface area contributed by atoms with E-state index in [-0.39, 0.29) is 12.1 Å². The molecule has 2 N–H and O–H groups in total. The fourth-order valence-electron chi connectivity index (χ4n) is 3.39. The number of amides is 2. The monoisotopic (exact) mass is 370 g/mol. The van der Waals surface area contributed by atoms with Crippen molar-refractivity contribution in [2.24, 2.45) is 0 Å². The Labute approximate surface area is 156 Å². The average molecular weight is 371 g/mol. The van der Waals surface area contributed by atoms with Crippen molar-refractivity contribution in [1.29, 1.82) is 0 Å². The number of allylic oxidation sites excluding steroid dienone is 1. The van der Waals surface area contributed by atoms with Gasteiger partial charge in [0.1, 0.15) is 0 Å². The first-order valence-electron chi connectivity index (χ1n) is 8.13. The summed E-state index contributed by atoms with van der Waals surface area (Å²) in [5, 5.41) is 7.40. The van der Waals surface area contributed by atoms with Gasteiger partial charge in [0.2, 0.25) is 0 Å². The molecule has 0 bridgehead atoms. The van der Waals surface area contributed by atoms with Crippen LogP contribution in [0.25, 0.3) is 6.08 Å². The zero-order valence-corrected chi connectivity index (χ0v) is 14.9. The summed E-state index contributed by atoms with van der Waals surface area (Å²) in [6, 6.07) is 15.0. The molecule has 2 aromatic carbocycles. The summed E-state index contributed by atoms with van der Waals surface area (Å²) in [5.74, 6) is 0. The molecule has 2 amide bonds. The molecule has 0 saturated heterocycles. The summed E-state index contributed by atoms with van der Waals surface area (Å²) >= 11 is 11.9. The maximum Gasteiger partial charge on any atom is 0.319 e. The largest absolute Gasteiger partial charge is 0.327 e. The number of halogens is 2. The van der Waals surface area contributed by atoms with Gasteiger partial charge < -0.3 is 10.6 Å². The van der Waals surface area contributed by atoms with Gasteiger partial charge in [-0.3, -0.25) is 0 Å². The highest BCUT2D eigenvalue weighted by molar-refractivity contribution is 6.30. The van der Waals surface area contributed by atoms with Crippen molar-refractivity contribution in [3.8, 4) is 0 Å². The molecule has 1 aliphatic carbocycles. The van der Waals surface area contributed by atoms with E-state index in [0.29, 0.717) is 10.0 Å². The molecule has 5 heteroatoms. The van der Waals surface area contributed by atoms with E-state index in [9.17, 15) is 4.79 Å². The van der Waals surface area contributed by atoms with Crippen LogP contribution in [-0.2, 0) is 0 Å². The Kier molecular flexibility index (Phi) is 4.28. The predicted octanol–water partition coefficient (Wildman–Crippen LogP) is 5.48. The van der Waals surface area contributed by atoms with Crippen LogP contribution < -0.4 is 10.6 Å². The maximum absolute atomic E-state index is 12.2. The SMILES string of the molecule is O=C1NC2=C(CC/C2=C\c2ccc(Cl)cc2)C(c2ccc(Cl)cc2)N1. The van der Waals surface area contributed by atoms with Gasteiger partial charge >= 0.3 is 6.03 Å². The van der Waals surface area contributed by atoms with Gasteiger partial charge in [0.05, 0.1) is 6.04 Å². The summed E-state index contributed by atoms with van der Waals surface area (Å²) in [5.41, 5.74) is 5.41. The number of carbonyl (C=O) groups excluding carboxylic acids is 1. The van der Waals surface area contributed by atoms with Crippen molar-refractivity contribution >= 4 is 35.3 Å². The average Bonchev–Trinajstić information content (AvgIpc) is 3.00. The number of hydrogen-bond acceptors (Lipinski definition) is 1. The molecular formula is C20H16Cl2N2O. The van der Waals surface area contributed by atoms with Gasteiger partial charge in [-0.1, -0.05) is 47.5 Å². The molecule has 0 radical (unpaired) electrons. The highest BCUT2D eigenvalue weighted by atomic mass is 35.5. The highest BCUT2D eigenvalue weighted by Crippen LogP contribution is 2.40. The van der Waals surface area contributed by atoms with Gasteiger partial charge in [-0.05, 0) is 65.5 Å². The third-order valence-corrected chi connectivity index (χ3v) is 5.09. The van der Waals surface area contributed by atoms with E-state index in [2.05, 4.69) is 16.7 Å². The first-order chi connectivity index (χ1) is 12.1. The van der Waals surface area contributed by atoms with Crippen molar-refractivity contribution in [3.63, 3.8) is 0 Å². The molecule has 1 atom stereocenters. The first kappa shape index (κ1) is 16.2. The highest BCUT2D eigenvalue weighted by Gasteiger charge is 2.33. The smallest absolute Gasteiger partial charge is 0.319 e. The fraction of sp³-hybridized carbons (Fsp3) is 0.150. The van der Waals surface area contributed by atoms with Crippen LogP contribution in [0.15, 0.2) is 65.4 Å². The molecule has 1 aliphatic heterocycles. The summed E-state index contributed by atoms with van der Waals surface area (Å²) in [4.78, 5) is 12.2. The van der Waals surface area contributed by atoms with E-state index < -0.39 is 0 Å². The second-order valence-corrected chi connectivity index (χ2v) is 7.08. The molecular weight excluding hydrogens is 355 g/mol. The van der Waals surface area contributed by atoms with E-state index >= 15 is 0 Å². The van der Waals surface area contributed by atoms with Crippen LogP contribution in [-0.4, -0.2) is 6.03 Å².